The fourth-order valence-electron chi connectivity index (χ4n) is 2.25. The van der Waals surface area contributed by atoms with Crippen LogP contribution in [0.4, 0.5) is 10.5 Å². The van der Waals surface area contributed by atoms with E-state index in [0.717, 1.165) is 16.7 Å². The number of nitrogens with two attached hydrogens (primary N) is 1. The largest absolute Gasteiger partial charge is 0.351 e. The molecule has 0 saturated carbocycles. The highest BCUT2D eigenvalue weighted by atomic mass is 16.2. The van der Waals surface area contributed by atoms with Crippen LogP contribution in [0.25, 0.3) is 0 Å². The van der Waals surface area contributed by atoms with Crippen LogP contribution in [0, 0.1) is 6.92 Å². The van der Waals surface area contributed by atoms with Gasteiger partial charge in [-0.05, 0) is 48.7 Å². The Hall–Kier alpha value is -2.89. The number of aryl methyl sites for hydroxylation is 1. The van der Waals surface area contributed by atoms with Crippen molar-refractivity contribution in [3.05, 3.63) is 59.4 Å². The number of aromatic nitrogens is 1. The highest BCUT2D eigenvalue weighted by molar-refractivity contribution is 5.87. The molecule has 2 aromatic rings. The number of urea groups is 1. The number of hydrogen-bond donors (Lipinski definition) is 3. The van der Waals surface area contributed by atoms with Gasteiger partial charge in [0.1, 0.15) is 0 Å². The topological polar surface area (TPSA) is 97.1 Å². The molecule has 0 aliphatic heterocycles. The van der Waals surface area contributed by atoms with Gasteiger partial charge < -0.3 is 16.4 Å². The second kappa shape index (κ2) is 7.40. The first kappa shape index (κ1) is 16.5. The van der Waals surface area contributed by atoms with E-state index in [0.29, 0.717) is 12.1 Å². The lowest BCUT2D eigenvalue weighted by Crippen LogP contribution is -2.28. The van der Waals surface area contributed by atoms with E-state index in [1.165, 1.54) is 0 Å². The quantitative estimate of drug-likeness (QED) is 0.790. The van der Waals surface area contributed by atoms with Gasteiger partial charge >= 0.3 is 6.03 Å². The molecule has 0 aliphatic carbocycles. The zero-order valence-electron chi connectivity index (χ0n) is 13.2. The first-order valence-electron chi connectivity index (χ1n) is 7.31. The number of nitrogens with one attached hydrogen (secondary N) is 2. The predicted octanol–water partition coefficient (Wildman–Crippen LogP) is 2.30. The predicted molar refractivity (Wildman–Crippen MR) is 88.9 cm³/mol. The van der Waals surface area contributed by atoms with E-state index < -0.39 is 6.03 Å². The van der Waals surface area contributed by atoms with Crippen LogP contribution in [0.1, 0.15) is 29.7 Å². The van der Waals surface area contributed by atoms with Crippen LogP contribution in [-0.2, 0) is 11.2 Å². The summed E-state index contributed by atoms with van der Waals surface area (Å²) in [5, 5.41) is 5.46. The van der Waals surface area contributed by atoms with Crippen LogP contribution in [0.15, 0.2) is 42.7 Å². The molecule has 120 valence electrons. The molecule has 6 nitrogen and oxygen atoms in total. The van der Waals surface area contributed by atoms with E-state index in [2.05, 4.69) is 15.6 Å². The van der Waals surface area contributed by atoms with Gasteiger partial charge in [0.05, 0.1) is 12.5 Å². The molecular formula is C17H20N4O2. The minimum atomic E-state index is -0.605. The fraction of sp³-hybridized carbons (Fsp3) is 0.235. The van der Waals surface area contributed by atoms with Crippen molar-refractivity contribution >= 4 is 17.6 Å². The van der Waals surface area contributed by atoms with Gasteiger partial charge in [0.25, 0.3) is 0 Å². The van der Waals surface area contributed by atoms with Crippen molar-refractivity contribution in [3.8, 4) is 0 Å². The Labute approximate surface area is 135 Å². The molecule has 4 N–H and O–H groups in total. The number of carbonyl (C=O) groups excluding carboxylic acids is 2. The Morgan fingerprint density at radius 2 is 1.91 bits per heavy atom. The molecule has 0 aliphatic rings. The Morgan fingerprint density at radius 3 is 2.52 bits per heavy atom. The minimum Gasteiger partial charge on any atom is -0.351 e. The summed E-state index contributed by atoms with van der Waals surface area (Å²) in [5.74, 6) is -0.0499. The van der Waals surface area contributed by atoms with E-state index in [1.807, 2.05) is 32.0 Å². The van der Waals surface area contributed by atoms with Crippen molar-refractivity contribution in [1.29, 1.82) is 0 Å². The van der Waals surface area contributed by atoms with Crippen molar-refractivity contribution in [3.63, 3.8) is 0 Å². The molecule has 1 aromatic heterocycles. The number of nitrogens with zero attached hydrogens (tertiary/aromatic N) is 1. The molecule has 1 heterocycles. The number of carbonyl (C=O) groups is 2. The van der Waals surface area contributed by atoms with E-state index in [-0.39, 0.29) is 11.9 Å². The smallest absolute Gasteiger partial charge is 0.316 e. The summed E-state index contributed by atoms with van der Waals surface area (Å²) in [4.78, 5) is 27.0. The van der Waals surface area contributed by atoms with Gasteiger partial charge in [-0.1, -0.05) is 12.1 Å². The maximum Gasteiger partial charge on any atom is 0.316 e. The summed E-state index contributed by atoms with van der Waals surface area (Å²) in [5.41, 5.74) is 8.59. The van der Waals surface area contributed by atoms with Gasteiger partial charge in [0.2, 0.25) is 5.91 Å². The summed E-state index contributed by atoms with van der Waals surface area (Å²) in [6, 6.07) is 8.29. The molecular weight excluding hydrogens is 292 g/mol. The van der Waals surface area contributed by atoms with E-state index in [1.54, 1.807) is 24.5 Å². The molecule has 1 atom stereocenters. The van der Waals surface area contributed by atoms with E-state index in [4.69, 9.17) is 5.73 Å². The van der Waals surface area contributed by atoms with Crippen LogP contribution in [0.2, 0.25) is 0 Å². The summed E-state index contributed by atoms with van der Waals surface area (Å²) in [6.07, 6.45) is 3.75. The van der Waals surface area contributed by atoms with Gasteiger partial charge in [0, 0.05) is 18.1 Å². The maximum atomic E-state index is 12.2. The molecule has 0 spiro atoms. The van der Waals surface area contributed by atoms with Crippen LogP contribution in [-0.4, -0.2) is 16.9 Å². The molecule has 6 heteroatoms. The number of hydrogen-bond acceptors (Lipinski definition) is 3. The Balaban J connectivity index is 1.95. The van der Waals surface area contributed by atoms with Crippen LogP contribution < -0.4 is 16.4 Å². The normalized spacial score (nSPS) is 11.6. The summed E-state index contributed by atoms with van der Waals surface area (Å²) >= 11 is 0. The zero-order valence-corrected chi connectivity index (χ0v) is 13.2. The van der Waals surface area contributed by atoms with Crippen molar-refractivity contribution in [2.75, 3.05) is 5.32 Å². The molecule has 0 bridgehead atoms. The minimum absolute atomic E-state index is 0.0499. The van der Waals surface area contributed by atoms with Crippen molar-refractivity contribution in [2.45, 2.75) is 26.3 Å². The van der Waals surface area contributed by atoms with Crippen molar-refractivity contribution in [1.82, 2.24) is 10.3 Å². The molecule has 0 saturated heterocycles. The molecule has 2 rings (SSSR count). The lowest BCUT2D eigenvalue weighted by molar-refractivity contribution is -0.121. The van der Waals surface area contributed by atoms with Gasteiger partial charge in [-0.2, -0.15) is 0 Å². The monoisotopic (exact) mass is 312 g/mol. The van der Waals surface area contributed by atoms with Crippen molar-refractivity contribution < 1.29 is 9.59 Å². The van der Waals surface area contributed by atoms with Gasteiger partial charge in [0.15, 0.2) is 0 Å². The number of rotatable bonds is 5. The molecule has 3 amide bonds. The molecule has 23 heavy (non-hydrogen) atoms. The Kier molecular flexibility index (Phi) is 5.30. The zero-order chi connectivity index (χ0) is 16.8. The van der Waals surface area contributed by atoms with Crippen LogP contribution >= 0.6 is 0 Å². The Morgan fingerprint density at radius 1 is 1.22 bits per heavy atom. The van der Waals surface area contributed by atoms with E-state index in [9.17, 15) is 9.59 Å². The summed E-state index contributed by atoms with van der Waals surface area (Å²) in [7, 11) is 0. The number of amides is 3. The standard InChI is InChI=1S/C17H20N4O2/c1-11-10-19-8-7-14(11)9-16(22)20-12(2)13-3-5-15(6-4-13)21-17(18)23/h3-8,10,12H,9H2,1-2H3,(H,20,22)(H3,18,21,23)/t12-/m0/s1. The van der Waals surface area contributed by atoms with Crippen molar-refractivity contribution in [2.24, 2.45) is 5.73 Å². The second-order valence-corrected chi connectivity index (χ2v) is 5.38. The van der Waals surface area contributed by atoms with Crippen LogP contribution in [0.5, 0.6) is 0 Å². The lowest BCUT2D eigenvalue weighted by atomic mass is 10.1. The summed E-state index contributed by atoms with van der Waals surface area (Å²) < 4.78 is 0. The second-order valence-electron chi connectivity index (χ2n) is 5.38. The lowest BCUT2D eigenvalue weighted by Gasteiger charge is -2.15. The fourth-order valence-corrected chi connectivity index (χ4v) is 2.25. The molecule has 0 unspecified atom stereocenters. The third-order valence-electron chi connectivity index (χ3n) is 3.54. The first-order valence-corrected chi connectivity index (χ1v) is 7.31. The number of benzene rings is 1. The van der Waals surface area contributed by atoms with Crippen LogP contribution in [0.3, 0.4) is 0 Å². The Bertz CT molecular complexity index is 698. The highest BCUT2D eigenvalue weighted by Crippen LogP contribution is 2.16. The molecule has 0 radical (unpaired) electrons. The van der Waals surface area contributed by atoms with Gasteiger partial charge in [-0.15, -0.1) is 0 Å². The average Bonchev–Trinajstić information content (AvgIpc) is 2.49. The number of primary amides is 1. The summed E-state index contributed by atoms with van der Waals surface area (Å²) in [6.45, 7) is 3.84. The molecule has 0 fully saturated rings. The SMILES string of the molecule is Cc1cnccc1CC(=O)N[C@@H](C)c1ccc(NC(N)=O)cc1. The molecule has 1 aromatic carbocycles. The van der Waals surface area contributed by atoms with E-state index >= 15 is 0 Å². The highest BCUT2D eigenvalue weighted by Gasteiger charge is 2.11. The number of anilines is 1. The third kappa shape index (κ3) is 4.81. The average molecular weight is 312 g/mol. The van der Waals surface area contributed by atoms with Gasteiger partial charge in [-0.25, -0.2) is 4.79 Å². The first-order chi connectivity index (χ1) is 11.0. The third-order valence-corrected chi connectivity index (χ3v) is 3.54. The number of pyridine rings is 1. The maximum absolute atomic E-state index is 12.2. The van der Waals surface area contributed by atoms with Gasteiger partial charge in [-0.3, -0.25) is 9.78 Å².